The lowest BCUT2D eigenvalue weighted by atomic mass is 10.0. The molecule has 3 aromatic heterocycles. The van der Waals surface area contributed by atoms with Gasteiger partial charge in [0.15, 0.2) is 5.58 Å². The van der Waals surface area contributed by atoms with Crippen molar-refractivity contribution in [2.75, 3.05) is 4.90 Å². The maximum atomic E-state index is 6.50. The Hall–Kier alpha value is -6.59. The van der Waals surface area contributed by atoms with Crippen LogP contribution in [-0.4, -0.2) is 4.98 Å². The zero-order valence-electron chi connectivity index (χ0n) is 25.6. The number of para-hydroxylation sites is 1. The van der Waals surface area contributed by atoms with Crippen LogP contribution in [0.3, 0.4) is 0 Å². The van der Waals surface area contributed by atoms with Crippen molar-refractivity contribution < 1.29 is 13.3 Å². The molecule has 7 aromatic carbocycles. The van der Waals surface area contributed by atoms with Crippen molar-refractivity contribution in [3.63, 3.8) is 0 Å². The fraction of sp³-hybridized carbons (Fsp3) is 0. The van der Waals surface area contributed by atoms with Gasteiger partial charge in [-0.15, -0.1) is 0 Å². The second kappa shape index (κ2) is 10.5. The van der Waals surface area contributed by atoms with Crippen molar-refractivity contribution in [3.05, 3.63) is 158 Å². The van der Waals surface area contributed by atoms with E-state index in [-0.39, 0.29) is 0 Å². The van der Waals surface area contributed by atoms with Crippen molar-refractivity contribution in [2.45, 2.75) is 0 Å². The molecular weight excluding hydrogens is 592 g/mol. The molecule has 0 aliphatic carbocycles. The van der Waals surface area contributed by atoms with Crippen molar-refractivity contribution in [2.24, 2.45) is 0 Å². The minimum absolute atomic E-state index is 0.597. The standard InChI is InChI=1S/C43H26N2O3/c1-3-9-27(10-4-1)28-15-17-30(18-16-28)45(31-19-21-34-33-13-7-8-14-38(33)46-39(34)23-31)32-20-22-35-36-25-42-37(26-41(36)47-40(35)24-32)44-43(48-42)29-11-5-2-6-12-29/h1-26H. The van der Waals surface area contributed by atoms with Gasteiger partial charge in [-0.2, -0.15) is 0 Å². The molecule has 48 heavy (non-hydrogen) atoms. The summed E-state index contributed by atoms with van der Waals surface area (Å²) in [6.45, 7) is 0. The number of benzene rings is 7. The predicted octanol–water partition coefficient (Wildman–Crippen LogP) is 12.4. The number of nitrogens with zero attached hydrogens (tertiary/aromatic N) is 2. The smallest absolute Gasteiger partial charge is 0.227 e. The largest absolute Gasteiger partial charge is 0.456 e. The average molecular weight is 619 g/mol. The van der Waals surface area contributed by atoms with Gasteiger partial charge >= 0.3 is 0 Å². The molecule has 0 amide bonds. The minimum atomic E-state index is 0.597. The Morgan fingerprint density at radius 3 is 1.62 bits per heavy atom. The highest BCUT2D eigenvalue weighted by atomic mass is 16.4. The van der Waals surface area contributed by atoms with Crippen molar-refractivity contribution in [1.82, 2.24) is 4.98 Å². The highest BCUT2D eigenvalue weighted by molar-refractivity contribution is 6.10. The molecule has 0 saturated carbocycles. The third-order valence-corrected chi connectivity index (χ3v) is 9.10. The fourth-order valence-corrected chi connectivity index (χ4v) is 6.76. The third kappa shape index (κ3) is 4.29. The van der Waals surface area contributed by atoms with Gasteiger partial charge < -0.3 is 18.2 Å². The fourth-order valence-electron chi connectivity index (χ4n) is 6.76. The van der Waals surface area contributed by atoms with E-state index in [1.165, 1.54) is 5.56 Å². The zero-order valence-corrected chi connectivity index (χ0v) is 25.6. The molecule has 0 atom stereocenters. The molecular formula is C43H26N2O3. The van der Waals surface area contributed by atoms with E-state index in [1.54, 1.807) is 0 Å². The average Bonchev–Trinajstić information content (AvgIpc) is 3.84. The van der Waals surface area contributed by atoms with Crippen LogP contribution in [0.25, 0.3) is 77.6 Å². The number of furan rings is 2. The number of anilines is 3. The molecule has 0 N–H and O–H groups in total. The first-order chi connectivity index (χ1) is 23.7. The molecule has 0 spiro atoms. The van der Waals surface area contributed by atoms with Crippen LogP contribution in [0, 0.1) is 0 Å². The minimum Gasteiger partial charge on any atom is -0.456 e. The van der Waals surface area contributed by atoms with Gasteiger partial charge in [0.1, 0.15) is 27.8 Å². The number of oxazole rings is 1. The molecule has 5 heteroatoms. The molecule has 5 nitrogen and oxygen atoms in total. The second-order valence-corrected chi connectivity index (χ2v) is 12.0. The Balaban J connectivity index is 1.11. The molecule has 0 fully saturated rings. The first-order valence-electron chi connectivity index (χ1n) is 15.9. The molecule has 226 valence electrons. The lowest BCUT2D eigenvalue weighted by molar-refractivity contribution is 0.620. The molecule has 10 aromatic rings. The maximum absolute atomic E-state index is 6.50. The molecule has 0 radical (unpaired) electrons. The van der Waals surface area contributed by atoms with Crippen LogP contribution in [0.2, 0.25) is 0 Å². The highest BCUT2D eigenvalue weighted by Gasteiger charge is 2.19. The topological polar surface area (TPSA) is 55.6 Å². The Morgan fingerprint density at radius 2 is 0.896 bits per heavy atom. The van der Waals surface area contributed by atoms with E-state index in [2.05, 4.69) is 95.9 Å². The Bertz CT molecular complexity index is 2770. The molecule has 0 aliphatic rings. The van der Waals surface area contributed by atoms with Crippen LogP contribution in [0.4, 0.5) is 17.1 Å². The summed E-state index contributed by atoms with van der Waals surface area (Å²) in [5.74, 6) is 0.597. The zero-order chi connectivity index (χ0) is 31.6. The number of fused-ring (bicyclic) bond motifs is 7. The normalized spacial score (nSPS) is 11.8. The van der Waals surface area contributed by atoms with E-state index >= 15 is 0 Å². The predicted molar refractivity (Wildman–Crippen MR) is 194 cm³/mol. The van der Waals surface area contributed by atoms with E-state index in [4.69, 9.17) is 18.2 Å². The van der Waals surface area contributed by atoms with E-state index < -0.39 is 0 Å². The summed E-state index contributed by atoms with van der Waals surface area (Å²) in [4.78, 5) is 7.00. The van der Waals surface area contributed by atoms with Crippen molar-refractivity contribution >= 4 is 72.0 Å². The molecule has 0 unspecified atom stereocenters. The van der Waals surface area contributed by atoms with Crippen LogP contribution >= 0.6 is 0 Å². The van der Waals surface area contributed by atoms with E-state index in [0.717, 1.165) is 83.2 Å². The molecule has 0 bridgehead atoms. The van der Waals surface area contributed by atoms with Gasteiger partial charge in [-0.1, -0.05) is 78.9 Å². The van der Waals surface area contributed by atoms with Crippen molar-refractivity contribution in [1.29, 1.82) is 0 Å². The number of hydrogen-bond acceptors (Lipinski definition) is 5. The summed E-state index contributed by atoms with van der Waals surface area (Å²) in [6.07, 6.45) is 0. The number of aromatic nitrogens is 1. The Morgan fingerprint density at radius 1 is 0.354 bits per heavy atom. The Labute approximate surface area is 274 Å². The lowest BCUT2D eigenvalue weighted by Gasteiger charge is -2.25. The molecule has 3 heterocycles. The highest BCUT2D eigenvalue weighted by Crippen LogP contribution is 2.42. The van der Waals surface area contributed by atoms with E-state index in [9.17, 15) is 0 Å². The molecule has 0 aliphatic heterocycles. The van der Waals surface area contributed by atoms with Crippen LogP contribution in [0.5, 0.6) is 0 Å². The summed E-state index contributed by atoms with van der Waals surface area (Å²) in [7, 11) is 0. The van der Waals surface area contributed by atoms with E-state index in [1.807, 2.05) is 66.7 Å². The first kappa shape index (κ1) is 26.6. The third-order valence-electron chi connectivity index (χ3n) is 9.10. The van der Waals surface area contributed by atoms with Gasteiger partial charge in [-0.05, 0) is 71.8 Å². The van der Waals surface area contributed by atoms with Gasteiger partial charge in [0.2, 0.25) is 5.89 Å². The van der Waals surface area contributed by atoms with E-state index in [0.29, 0.717) is 5.89 Å². The summed E-state index contributed by atoms with van der Waals surface area (Å²) in [5.41, 5.74) is 11.0. The van der Waals surface area contributed by atoms with Gasteiger partial charge in [-0.25, -0.2) is 4.98 Å². The van der Waals surface area contributed by atoms with Gasteiger partial charge in [0.05, 0.1) is 0 Å². The Kier molecular flexibility index (Phi) is 5.81. The molecule has 10 rings (SSSR count). The summed E-state index contributed by atoms with van der Waals surface area (Å²) >= 11 is 0. The maximum Gasteiger partial charge on any atom is 0.227 e. The summed E-state index contributed by atoms with van der Waals surface area (Å²) < 4.78 is 19.0. The number of hydrogen-bond donors (Lipinski definition) is 0. The first-order valence-corrected chi connectivity index (χ1v) is 15.9. The number of rotatable bonds is 5. The summed E-state index contributed by atoms with van der Waals surface area (Å²) in [5, 5.41) is 4.20. The summed E-state index contributed by atoms with van der Waals surface area (Å²) in [6, 6.07) is 54.0. The lowest BCUT2D eigenvalue weighted by Crippen LogP contribution is -2.09. The van der Waals surface area contributed by atoms with Gasteiger partial charge in [0, 0.05) is 62.4 Å². The van der Waals surface area contributed by atoms with Crippen LogP contribution < -0.4 is 4.90 Å². The van der Waals surface area contributed by atoms with Gasteiger partial charge in [-0.3, -0.25) is 0 Å². The monoisotopic (exact) mass is 618 g/mol. The molecule has 0 saturated heterocycles. The second-order valence-electron chi connectivity index (χ2n) is 12.0. The van der Waals surface area contributed by atoms with Crippen LogP contribution in [0.1, 0.15) is 0 Å². The van der Waals surface area contributed by atoms with Crippen LogP contribution in [-0.2, 0) is 0 Å². The van der Waals surface area contributed by atoms with Crippen LogP contribution in [0.15, 0.2) is 171 Å². The van der Waals surface area contributed by atoms with Gasteiger partial charge in [0.25, 0.3) is 0 Å². The quantitative estimate of drug-likeness (QED) is 0.192. The van der Waals surface area contributed by atoms with Crippen molar-refractivity contribution in [3.8, 4) is 22.6 Å². The SMILES string of the molecule is c1ccc(-c2ccc(N(c3ccc4c(c3)oc3ccccc34)c3ccc4c(c3)oc3cc5nc(-c6ccccc6)oc5cc34)cc2)cc1.